The van der Waals surface area contributed by atoms with Crippen molar-refractivity contribution in [3.63, 3.8) is 0 Å². The Bertz CT molecular complexity index is 956. The second kappa shape index (κ2) is 8.90. The van der Waals surface area contributed by atoms with Gasteiger partial charge in [-0.05, 0) is 31.0 Å². The van der Waals surface area contributed by atoms with Gasteiger partial charge in [-0.1, -0.05) is 30.3 Å². The van der Waals surface area contributed by atoms with Crippen LogP contribution >= 0.6 is 0 Å². The van der Waals surface area contributed by atoms with Crippen LogP contribution < -0.4 is 5.32 Å². The molecule has 144 valence electrons. The Morgan fingerprint density at radius 2 is 1.96 bits per heavy atom. The standard InChI is InChI=1S/C20H20N4O4/c1-14(16-9-5-10-17(13-16)24(26)27)21-18(25)11-6-12-19-22-23-20(28-19)15-7-3-2-4-8-15/h2-5,7-10,13-14H,6,11-12H2,1H3,(H,21,25). The maximum Gasteiger partial charge on any atom is 0.269 e. The van der Waals surface area contributed by atoms with Gasteiger partial charge in [-0.3, -0.25) is 14.9 Å². The van der Waals surface area contributed by atoms with E-state index in [0.29, 0.717) is 36.6 Å². The summed E-state index contributed by atoms with van der Waals surface area (Å²) in [5.41, 5.74) is 1.54. The SMILES string of the molecule is CC(NC(=O)CCCc1nnc(-c2ccccc2)o1)c1cccc([N+](=O)[O-])c1. The van der Waals surface area contributed by atoms with Crippen LogP contribution in [0.25, 0.3) is 11.5 Å². The smallest absolute Gasteiger partial charge is 0.269 e. The minimum atomic E-state index is -0.452. The van der Waals surface area contributed by atoms with Gasteiger partial charge < -0.3 is 9.73 Å². The number of carbonyl (C=O) groups is 1. The Morgan fingerprint density at radius 1 is 1.18 bits per heavy atom. The number of nitro benzene ring substituents is 1. The maximum absolute atomic E-state index is 12.2. The first-order valence-corrected chi connectivity index (χ1v) is 8.94. The Labute approximate surface area is 161 Å². The van der Waals surface area contributed by atoms with Crippen molar-refractivity contribution in [3.05, 3.63) is 76.2 Å². The zero-order valence-electron chi connectivity index (χ0n) is 15.4. The van der Waals surface area contributed by atoms with Crippen LogP contribution in [0.2, 0.25) is 0 Å². The lowest BCUT2D eigenvalue weighted by Crippen LogP contribution is -2.26. The van der Waals surface area contributed by atoms with Gasteiger partial charge in [0.25, 0.3) is 5.69 Å². The molecule has 1 heterocycles. The van der Waals surface area contributed by atoms with Gasteiger partial charge in [0.05, 0.1) is 11.0 Å². The molecule has 2 aromatic carbocycles. The normalized spacial score (nSPS) is 11.8. The van der Waals surface area contributed by atoms with Crippen molar-refractivity contribution in [2.24, 2.45) is 0 Å². The minimum absolute atomic E-state index is 0.00390. The van der Waals surface area contributed by atoms with Crippen LogP contribution in [-0.4, -0.2) is 21.0 Å². The number of hydrogen-bond donors (Lipinski definition) is 1. The van der Waals surface area contributed by atoms with Crippen molar-refractivity contribution < 1.29 is 14.1 Å². The topological polar surface area (TPSA) is 111 Å². The molecular weight excluding hydrogens is 360 g/mol. The van der Waals surface area contributed by atoms with Crippen molar-refractivity contribution in [2.45, 2.75) is 32.2 Å². The lowest BCUT2D eigenvalue weighted by atomic mass is 10.1. The zero-order chi connectivity index (χ0) is 19.9. The third-order valence-corrected chi connectivity index (χ3v) is 4.24. The molecule has 1 atom stereocenters. The molecule has 1 aromatic heterocycles. The Kier molecular flexibility index (Phi) is 6.11. The number of non-ortho nitro benzene ring substituents is 1. The summed E-state index contributed by atoms with van der Waals surface area (Å²) in [4.78, 5) is 22.6. The summed E-state index contributed by atoms with van der Waals surface area (Å²) >= 11 is 0. The number of aryl methyl sites for hydroxylation is 1. The Hall–Kier alpha value is -3.55. The van der Waals surface area contributed by atoms with Crippen LogP contribution in [0.3, 0.4) is 0 Å². The summed E-state index contributed by atoms with van der Waals surface area (Å²) in [6.45, 7) is 1.79. The Balaban J connectivity index is 1.48. The molecule has 3 aromatic rings. The van der Waals surface area contributed by atoms with Gasteiger partial charge in [-0.25, -0.2) is 0 Å². The lowest BCUT2D eigenvalue weighted by molar-refractivity contribution is -0.384. The van der Waals surface area contributed by atoms with Gasteiger partial charge in [0.2, 0.25) is 17.7 Å². The molecule has 0 bridgehead atoms. The monoisotopic (exact) mass is 380 g/mol. The predicted molar refractivity (Wildman–Crippen MR) is 102 cm³/mol. The van der Waals surface area contributed by atoms with Gasteiger partial charge in [-0.15, -0.1) is 10.2 Å². The van der Waals surface area contributed by atoms with Gasteiger partial charge in [0, 0.05) is 30.5 Å². The zero-order valence-corrected chi connectivity index (χ0v) is 15.4. The number of amides is 1. The van der Waals surface area contributed by atoms with E-state index in [-0.39, 0.29) is 17.6 Å². The molecular formula is C20H20N4O4. The van der Waals surface area contributed by atoms with E-state index < -0.39 is 4.92 Å². The number of benzene rings is 2. The van der Waals surface area contributed by atoms with Crippen molar-refractivity contribution in [1.82, 2.24) is 15.5 Å². The fraction of sp³-hybridized carbons (Fsp3) is 0.250. The Morgan fingerprint density at radius 3 is 2.71 bits per heavy atom. The molecule has 1 N–H and O–H groups in total. The fourth-order valence-corrected chi connectivity index (χ4v) is 2.76. The molecule has 1 unspecified atom stereocenters. The first-order valence-electron chi connectivity index (χ1n) is 8.94. The highest BCUT2D eigenvalue weighted by Gasteiger charge is 2.14. The molecule has 0 radical (unpaired) electrons. The highest BCUT2D eigenvalue weighted by atomic mass is 16.6. The number of aromatic nitrogens is 2. The molecule has 28 heavy (non-hydrogen) atoms. The lowest BCUT2D eigenvalue weighted by Gasteiger charge is -2.14. The molecule has 3 rings (SSSR count). The van der Waals surface area contributed by atoms with E-state index in [1.54, 1.807) is 19.1 Å². The molecule has 8 heteroatoms. The summed E-state index contributed by atoms with van der Waals surface area (Å²) in [6, 6.07) is 15.4. The number of nitro groups is 1. The molecule has 0 aliphatic carbocycles. The highest BCUT2D eigenvalue weighted by molar-refractivity contribution is 5.76. The van der Waals surface area contributed by atoms with Gasteiger partial charge in [-0.2, -0.15) is 0 Å². The van der Waals surface area contributed by atoms with Crippen LogP contribution in [0.1, 0.15) is 37.3 Å². The molecule has 0 spiro atoms. The number of nitrogens with zero attached hydrogens (tertiary/aromatic N) is 3. The van der Waals surface area contributed by atoms with Crippen molar-refractivity contribution in [3.8, 4) is 11.5 Å². The van der Waals surface area contributed by atoms with Crippen LogP contribution in [0.15, 0.2) is 59.0 Å². The number of hydrogen-bond acceptors (Lipinski definition) is 6. The third-order valence-electron chi connectivity index (χ3n) is 4.24. The first-order chi connectivity index (χ1) is 13.5. The molecule has 0 aliphatic rings. The molecule has 0 saturated heterocycles. The van der Waals surface area contributed by atoms with Crippen molar-refractivity contribution in [1.29, 1.82) is 0 Å². The molecule has 8 nitrogen and oxygen atoms in total. The number of rotatable bonds is 8. The summed E-state index contributed by atoms with van der Waals surface area (Å²) in [5, 5.41) is 21.8. The minimum Gasteiger partial charge on any atom is -0.421 e. The quantitative estimate of drug-likeness (QED) is 0.469. The highest BCUT2D eigenvalue weighted by Crippen LogP contribution is 2.20. The summed E-state index contributed by atoms with van der Waals surface area (Å²) < 4.78 is 5.62. The average Bonchev–Trinajstić information content (AvgIpc) is 3.17. The maximum atomic E-state index is 12.2. The van der Waals surface area contributed by atoms with E-state index >= 15 is 0 Å². The van der Waals surface area contributed by atoms with Crippen LogP contribution in [0.4, 0.5) is 5.69 Å². The van der Waals surface area contributed by atoms with E-state index in [1.165, 1.54) is 12.1 Å². The van der Waals surface area contributed by atoms with E-state index in [2.05, 4.69) is 15.5 Å². The third kappa shape index (κ3) is 5.00. The second-order valence-corrected chi connectivity index (χ2v) is 6.36. The molecule has 1 amide bonds. The summed E-state index contributed by atoms with van der Waals surface area (Å²) in [7, 11) is 0. The first kappa shape index (κ1) is 19.2. The van der Waals surface area contributed by atoms with Crippen molar-refractivity contribution in [2.75, 3.05) is 0 Å². The molecule has 0 fully saturated rings. The van der Waals surface area contributed by atoms with Gasteiger partial charge in [0.15, 0.2) is 0 Å². The molecule has 0 saturated carbocycles. The van der Waals surface area contributed by atoms with E-state index in [9.17, 15) is 14.9 Å². The largest absolute Gasteiger partial charge is 0.421 e. The second-order valence-electron chi connectivity index (χ2n) is 6.36. The van der Waals surface area contributed by atoms with Crippen LogP contribution in [-0.2, 0) is 11.2 Å². The fourth-order valence-electron chi connectivity index (χ4n) is 2.76. The number of carbonyl (C=O) groups excluding carboxylic acids is 1. The molecule has 0 aliphatic heterocycles. The van der Waals surface area contributed by atoms with Crippen LogP contribution in [0, 0.1) is 10.1 Å². The summed E-state index contributed by atoms with van der Waals surface area (Å²) in [5.74, 6) is 0.805. The van der Waals surface area contributed by atoms with E-state index in [4.69, 9.17) is 4.42 Å². The van der Waals surface area contributed by atoms with E-state index in [1.807, 2.05) is 30.3 Å². The van der Waals surface area contributed by atoms with Gasteiger partial charge >= 0.3 is 0 Å². The predicted octanol–water partition coefficient (Wildman–Crippen LogP) is 3.84. The van der Waals surface area contributed by atoms with E-state index in [0.717, 1.165) is 5.56 Å². The van der Waals surface area contributed by atoms with Crippen LogP contribution in [0.5, 0.6) is 0 Å². The summed E-state index contributed by atoms with van der Waals surface area (Å²) in [6.07, 6.45) is 1.35. The van der Waals surface area contributed by atoms with Crippen molar-refractivity contribution >= 4 is 11.6 Å². The van der Waals surface area contributed by atoms with Gasteiger partial charge in [0.1, 0.15) is 0 Å². The average molecular weight is 380 g/mol. The number of nitrogens with one attached hydrogen (secondary N) is 1.